The van der Waals surface area contributed by atoms with Gasteiger partial charge < -0.3 is 10.6 Å². The highest BCUT2D eigenvalue weighted by Crippen LogP contribution is 2.36. The maximum atomic E-state index is 12.9. The zero-order valence-corrected chi connectivity index (χ0v) is 18.3. The number of hydrogen-bond acceptors (Lipinski definition) is 6. The van der Waals surface area contributed by atoms with Crippen molar-refractivity contribution in [3.8, 4) is 0 Å². The van der Waals surface area contributed by atoms with Gasteiger partial charge in [0.05, 0.1) is 15.5 Å². The number of nitro groups is 1. The number of amides is 1. The van der Waals surface area contributed by atoms with Crippen molar-refractivity contribution >= 4 is 33.0 Å². The maximum Gasteiger partial charge on any atom is 0.293 e. The Morgan fingerprint density at radius 2 is 1.97 bits per heavy atom. The molecule has 3 N–H and O–H groups in total. The predicted octanol–water partition coefficient (Wildman–Crippen LogP) is 3.25. The van der Waals surface area contributed by atoms with Gasteiger partial charge in [0.15, 0.2) is 0 Å². The molecule has 1 heterocycles. The topological polar surface area (TPSA) is 136 Å². The van der Waals surface area contributed by atoms with Crippen LogP contribution < -0.4 is 15.4 Å². The molecule has 0 aliphatic carbocycles. The Hall–Kier alpha value is -3.14. The highest BCUT2D eigenvalue weighted by Gasteiger charge is 2.30. The average Bonchev–Trinajstić information content (AvgIpc) is 2.69. The van der Waals surface area contributed by atoms with E-state index in [0.29, 0.717) is 24.3 Å². The first-order chi connectivity index (χ1) is 14.6. The van der Waals surface area contributed by atoms with Gasteiger partial charge in [-0.25, -0.2) is 8.42 Å². The second-order valence-corrected chi connectivity index (χ2v) is 9.53. The number of primary amides is 1. The van der Waals surface area contributed by atoms with Crippen molar-refractivity contribution < 1.29 is 18.1 Å². The summed E-state index contributed by atoms with van der Waals surface area (Å²) in [5.41, 5.74) is 7.48. The van der Waals surface area contributed by atoms with E-state index in [1.165, 1.54) is 12.1 Å². The molecule has 0 saturated carbocycles. The smallest absolute Gasteiger partial charge is 0.293 e. The SMILES string of the molecule is Cc1ccc(NS(=O)(=O)c2ccc(N3CCCCC3CC(N)=O)c([N+](=O)[O-])c2)c(C)c1. The molecule has 0 radical (unpaired) electrons. The van der Waals surface area contributed by atoms with Crippen molar-refractivity contribution in [2.24, 2.45) is 5.73 Å². The van der Waals surface area contributed by atoms with Crippen molar-refractivity contribution in [2.45, 2.75) is 50.5 Å². The van der Waals surface area contributed by atoms with E-state index in [2.05, 4.69) is 4.72 Å². The average molecular weight is 447 g/mol. The van der Waals surface area contributed by atoms with Crippen LogP contribution in [0.3, 0.4) is 0 Å². The zero-order valence-electron chi connectivity index (χ0n) is 17.5. The van der Waals surface area contributed by atoms with Gasteiger partial charge in [-0.3, -0.25) is 19.6 Å². The normalized spacial score (nSPS) is 16.7. The van der Waals surface area contributed by atoms with E-state index in [1.54, 1.807) is 24.0 Å². The molecule has 1 saturated heterocycles. The molecule has 1 aliphatic rings. The van der Waals surface area contributed by atoms with E-state index in [-0.39, 0.29) is 23.0 Å². The van der Waals surface area contributed by atoms with Gasteiger partial charge in [0.25, 0.3) is 15.7 Å². The molecule has 2 aromatic carbocycles. The number of nitrogens with one attached hydrogen (secondary N) is 1. The minimum atomic E-state index is -4.03. The van der Waals surface area contributed by atoms with Crippen LogP contribution in [0.4, 0.5) is 17.1 Å². The summed E-state index contributed by atoms with van der Waals surface area (Å²) < 4.78 is 28.3. The van der Waals surface area contributed by atoms with Crippen LogP contribution >= 0.6 is 0 Å². The number of piperidine rings is 1. The predicted molar refractivity (Wildman–Crippen MR) is 119 cm³/mol. The summed E-state index contributed by atoms with van der Waals surface area (Å²) in [6, 6.07) is 8.90. The Morgan fingerprint density at radius 1 is 1.23 bits per heavy atom. The van der Waals surface area contributed by atoms with Crippen LogP contribution in [0.25, 0.3) is 0 Å². The number of anilines is 2. The van der Waals surface area contributed by atoms with Gasteiger partial charge >= 0.3 is 0 Å². The molecular formula is C21H26N4O5S. The molecule has 1 amide bonds. The molecule has 0 bridgehead atoms. The van der Waals surface area contributed by atoms with Crippen molar-refractivity contribution in [1.82, 2.24) is 0 Å². The monoisotopic (exact) mass is 446 g/mol. The van der Waals surface area contributed by atoms with Crippen LogP contribution in [0.2, 0.25) is 0 Å². The van der Waals surface area contributed by atoms with Crippen LogP contribution in [0, 0.1) is 24.0 Å². The number of sulfonamides is 1. The number of aryl methyl sites for hydroxylation is 2. The van der Waals surface area contributed by atoms with E-state index < -0.39 is 20.9 Å². The fourth-order valence-electron chi connectivity index (χ4n) is 3.95. The van der Waals surface area contributed by atoms with Crippen molar-refractivity contribution in [2.75, 3.05) is 16.2 Å². The summed E-state index contributed by atoms with van der Waals surface area (Å²) in [4.78, 5) is 24.2. The lowest BCUT2D eigenvalue weighted by molar-refractivity contribution is -0.384. The molecule has 1 atom stereocenters. The van der Waals surface area contributed by atoms with E-state index in [1.807, 2.05) is 13.0 Å². The number of carbonyl (C=O) groups excluding carboxylic acids is 1. The Kier molecular flexibility index (Phi) is 6.49. The molecule has 3 rings (SSSR count). The van der Waals surface area contributed by atoms with Crippen LogP contribution in [-0.4, -0.2) is 31.8 Å². The highest BCUT2D eigenvalue weighted by atomic mass is 32.2. The largest absolute Gasteiger partial charge is 0.370 e. The first-order valence-electron chi connectivity index (χ1n) is 10.0. The summed E-state index contributed by atoms with van der Waals surface area (Å²) in [6.45, 7) is 4.22. The van der Waals surface area contributed by atoms with Crippen molar-refractivity contribution in [1.29, 1.82) is 0 Å². The number of nitrogens with zero attached hydrogens (tertiary/aromatic N) is 2. The van der Waals surface area contributed by atoms with Gasteiger partial charge in [0, 0.05) is 25.1 Å². The molecule has 9 nitrogen and oxygen atoms in total. The molecule has 31 heavy (non-hydrogen) atoms. The quantitative estimate of drug-likeness (QED) is 0.495. The summed E-state index contributed by atoms with van der Waals surface area (Å²) in [5.74, 6) is -0.476. The van der Waals surface area contributed by atoms with Gasteiger partial charge in [-0.1, -0.05) is 17.7 Å². The lowest BCUT2D eigenvalue weighted by Gasteiger charge is -2.36. The minimum Gasteiger partial charge on any atom is -0.370 e. The van der Waals surface area contributed by atoms with Crippen LogP contribution in [0.15, 0.2) is 41.3 Å². The third-order valence-electron chi connectivity index (χ3n) is 5.45. The highest BCUT2D eigenvalue weighted by molar-refractivity contribution is 7.92. The fourth-order valence-corrected chi connectivity index (χ4v) is 5.10. The maximum absolute atomic E-state index is 12.9. The summed E-state index contributed by atoms with van der Waals surface area (Å²) >= 11 is 0. The molecule has 0 aromatic heterocycles. The first-order valence-corrected chi connectivity index (χ1v) is 11.5. The molecule has 0 spiro atoms. The lowest BCUT2D eigenvalue weighted by Crippen LogP contribution is -2.42. The van der Waals surface area contributed by atoms with Crippen LogP contribution in [0.5, 0.6) is 0 Å². The number of nitrogens with two attached hydrogens (primary N) is 1. The molecular weight excluding hydrogens is 420 g/mol. The number of hydrogen-bond donors (Lipinski definition) is 2. The molecule has 1 aliphatic heterocycles. The third kappa shape index (κ3) is 5.13. The fraction of sp³-hybridized carbons (Fsp3) is 0.381. The zero-order chi connectivity index (χ0) is 22.8. The van der Waals surface area contributed by atoms with Gasteiger partial charge in [0.1, 0.15) is 5.69 Å². The third-order valence-corrected chi connectivity index (χ3v) is 6.82. The Balaban J connectivity index is 1.97. The Labute approximate surface area is 181 Å². The van der Waals surface area contributed by atoms with Gasteiger partial charge in [-0.15, -0.1) is 0 Å². The standard InChI is InChI=1S/C21H26N4O5S/c1-14-6-8-18(15(2)11-14)23-31(29,30)17-7-9-19(20(13-17)25(27)28)24-10-4-3-5-16(24)12-21(22)26/h6-9,11,13,16,23H,3-5,10,12H2,1-2H3,(H2,22,26). The number of rotatable bonds is 7. The van der Waals surface area contributed by atoms with Crippen LogP contribution in [-0.2, 0) is 14.8 Å². The van der Waals surface area contributed by atoms with Crippen molar-refractivity contribution in [3.63, 3.8) is 0 Å². The molecule has 1 fully saturated rings. The summed E-state index contributed by atoms with van der Waals surface area (Å²) in [6.07, 6.45) is 2.50. The van der Waals surface area contributed by atoms with E-state index in [9.17, 15) is 23.3 Å². The van der Waals surface area contributed by atoms with E-state index >= 15 is 0 Å². The lowest BCUT2D eigenvalue weighted by atomic mass is 9.98. The number of benzene rings is 2. The van der Waals surface area contributed by atoms with Crippen molar-refractivity contribution in [3.05, 3.63) is 57.6 Å². The van der Waals surface area contributed by atoms with Crippen LogP contribution in [0.1, 0.15) is 36.8 Å². The Morgan fingerprint density at radius 3 is 2.61 bits per heavy atom. The Bertz CT molecular complexity index is 1120. The summed E-state index contributed by atoms with van der Waals surface area (Å²) in [5, 5.41) is 11.8. The minimum absolute atomic E-state index is 0.0888. The molecule has 2 aromatic rings. The summed E-state index contributed by atoms with van der Waals surface area (Å²) in [7, 11) is -4.03. The second kappa shape index (κ2) is 8.93. The molecule has 1 unspecified atom stereocenters. The van der Waals surface area contributed by atoms with Gasteiger partial charge in [-0.2, -0.15) is 0 Å². The number of carbonyl (C=O) groups is 1. The first kappa shape index (κ1) is 22.5. The van der Waals surface area contributed by atoms with Gasteiger partial charge in [0.2, 0.25) is 5.91 Å². The van der Waals surface area contributed by atoms with Gasteiger partial charge in [-0.05, 0) is 56.9 Å². The molecule has 166 valence electrons. The van der Waals surface area contributed by atoms with E-state index in [4.69, 9.17) is 5.73 Å². The second-order valence-electron chi connectivity index (χ2n) is 7.84. The van der Waals surface area contributed by atoms with E-state index in [0.717, 1.165) is 30.0 Å². The number of nitro benzene ring substituents is 1. The molecule has 10 heteroatoms.